The Morgan fingerprint density at radius 1 is 1.00 bits per heavy atom. The maximum absolute atomic E-state index is 12.4. The highest BCUT2D eigenvalue weighted by Gasteiger charge is 2.29. The number of rotatable bonds is 2. The van der Waals surface area contributed by atoms with Gasteiger partial charge in [-0.2, -0.15) is 18.3 Å². The Bertz CT molecular complexity index is 579. The van der Waals surface area contributed by atoms with E-state index in [9.17, 15) is 13.2 Å². The second-order valence-electron chi connectivity index (χ2n) is 4.05. The summed E-state index contributed by atoms with van der Waals surface area (Å²) in [7, 11) is 0. The van der Waals surface area contributed by atoms with Crippen LogP contribution in [0.4, 0.5) is 24.7 Å². The van der Waals surface area contributed by atoms with Crippen molar-refractivity contribution in [1.29, 1.82) is 0 Å². The number of nitrogens with zero attached hydrogens (tertiary/aromatic N) is 2. The minimum absolute atomic E-state index is 0.135. The van der Waals surface area contributed by atoms with Gasteiger partial charge in [0.1, 0.15) is 0 Å². The van der Waals surface area contributed by atoms with E-state index < -0.39 is 11.7 Å². The standard InChI is InChI=1S/C12H11F3N4/c13-12(14,15)8-3-1-7(2-4-8)5-9-6-10(16)11(17)19-18-9/h1-4,6H,5H2,(H2,16,18)(H2,17,19). The largest absolute Gasteiger partial charge is 0.416 e. The van der Waals surface area contributed by atoms with Crippen molar-refractivity contribution < 1.29 is 13.2 Å². The summed E-state index contributed by atoms with van der Waals surface area (Å²) in [6.07, 6.45) is -3.99. The van der Waals surface area contributed by atoms with Gasteiger partial charge in [-0.25, -0.2) is 0 Å². The van der Waals surface area contributed by atoms with E-state index in [1.54, 1.807) is 6.07 Å². The third-order valence-electron chi connectivity index (χ3n) is 2.57. The molecule has 4 nitrogen and oxygen atoms in total. The lowest BCUT2D eigenvalue weighted by molar-refractivity contribution is -0.137. The molecule has 0 atom stereocenters. The van der Waals surface area contributed by atoms with Crippen LogP contribution in [0, 0.1) is 0 Å². The number of hydrogen-bond acceptors (Lipinski definition) is 4. The first-order chi connectivity index (χ1) is 8.86. The number of anilines is 2. The van der Waals surface area contributed by atoms with Crippen LogP contribution in [0.3, 0.4) is 0 Å². The maximum atomic E-state index is 12.4. The Labute approximate surface area is 107 Å². The summed E-state index contributed by atoms with van der Waals surface area (Å²) in [5.41, 5.74) is 11.9. The molecule has 1 aromatic carbocycles. The normalized spacial score (nSPS) is 11.5. The van der Waals surface area contributed by atoms with Crippen LogP contribution < -0.4 is 11.5 Å². The molecule has 0 aliphatic heterocycles. The fourth-order valence-electron chi connectivity index (χ4n) is 1.57. The molecule has 1 aromatic heterocycles. The number of aromatic nitrogens is 2. The van der Waals surface area contributed by atoms with E-state index in [0.717, 1.165) is 12.1 Å². The summed E-state index contributed by atoms with van der Waals surface area (Å²) in [5.74, 6) is 0.135. The van der Waals surface area contributed by atoms with E-state index in [1.807, 2.05) is 0 Å². The molecule has 0 aliphatic carbocycles. The predicted octanol–water partition coefficient (Wildman–Crippen LogP) is 2.25. The fraction of sp³-hybridized carbons (Fsp3) is 0.167. The maximum Gasteiger partial charge on any atom is 0.416 e. The van der Waals surface area contributed by atoms with Crippen LogP contribution in [0.1, 0.15) is 16.8 Å². The molecule has 7 heteroatoms. The first-order valence-electron chi connectivity index (χ1n) is 5.40. The van der Waals surface area contributed by atoms with Gasteiger partial charge in [0.2, 0.25) is 0 Å². The lowest BCUT2D eigenvalue weighted by atomic mass is 10.1. The lowest BCUT2D eigenvalue weighted by Gasteiger charge is -2.07. The van der Waals surface area contributed by atoms with E-state index >= 15 is 0 Å². The van der Waals surface area contributed by atoms with E-state index in [-0.39, 0.29) is 5.82 Å². The zero-order valence-electron chi connectivity index (χ0n) is 9.78. The molecule has 0 fully saturated rings. The van der Waals surface area contributed by atoms with E-state index in [1.165, 1.54) is 12.1 Å². The van der Waals surface area contributed by atoms with Gasteiger partial charge in [-0.15, -0.1) is 5.10 Å². The van der Waals surface area contributed by atoms with Crippen LogP contribution in [-0.4, -0.2) is 10.2 Å². The lowest BCUT2D eigenvalue weighted by Crippen LogP contribution is -2.05. The predicted molar refractivity (Wildman–Crippen MR) is 65.1 cm³/mol. The smallest absolute Gasteiger partial charge is 0.396 e. The van der Waals surface area contributed by atoms with Gasteiger partial charge < -0.3 is 11.5 Å². The van der Waals surface area contributed by atoms with Crippen molar-refractivity contribution in [3.8, 4) is 0 Å². The van der Waals surface area contributed by atoms with Crippen molar-refractivity contribution in [2.75, 3.05) is 11.5 Å². The Hall–Kier alpha value is -2.31. The summed E-state index contributed by atoms with van der Waals surface area (Å²) in [6.45, 7) is 0. The Balaban J connectivity index is 2.17. The molecule has 4 N–H and O–H groups in total. The monoisotopic (exact) mass is 268 g/mol. The van der Waals surface area contributed by atoms with Crippen molar-refractivity contribution in [3.05, 3.63) is 47.2 Å². The highest BCUT2D eigenvalue weighted by Crippen LogP contribution is 2.29. The molecule has 0 spiro atoms. The first-order valence-corrected chi connectivity index (χ1v) is 5.40. The van der Waals surface area contributed by atoms with Gasteiger partial charge in [-0.3, -0.25) is 0 Å². The van der Waals surface area contributed by atoms with Crippen molar-refractivity contribution in [1.82, 2.24) is 10.2 Å². The van der Waals surface area contributed by atoms with Crippen molar-refractivity contribution in [2.45, 2.75) is 12.6 Å². The van der Waals surface area contributed by atoms with Gasteiger partial charge in [0.05, 0.1) is 16.9 Å². The van der Waals surface area contributed by atoms with Gasteiger partial charge in [-0.05, 0) is 23.8 Å². The molecule has 2 aromatic rings. The third-order valence-corrected chi connectivity index (χ3v) is 2.57. The summed E-state index contributed by atoms with van der Waals surface area (Å²) in [6, 6.07) is 6.42. The number of benzene rings is 1. The third kappa shape index (κ3) is 3.12. The Morgan fingerprint density at radius 3 is 2.16 bits per heavy atom. The first kappa shape index (κ1) is 13.1. The number of nitrogens with two attached hydrogens (primary N) is 2. The van der Waals surface area contributed by atoms with Crippen molar-refractivity contribution in [2.24, 2.45) is 0 Å². The minimum Gasteiger partial charge on any atom is -0.396 e. The zero-order chi connectivity index (χ0) is 14.0. The Kier molecular flexibility index (Phi) is 3.28. The highest BCUT2D eigenvalue weighted by molar-refractivity contribution is 5.57. The summed E-state index contributed by atoms with van der Waals surface area (Å²) < 4.78 is 37.2. The zero-order valence-corrected chi connectivity index (χ0v) is 9.78. The van der Waals surface area contributed by atoms with Crippen molar-refractivity contribution >= 4 is 11.5 Å². The summed E-state index contributed by atoms with van der Waals surface area (Å²) in [4.78, 5) is 0. The molecule has 1 heterocycles. The molecule has 0 saturated heterocycles. The molecule has 0 bridgehead atoms. The number of hydrogen-bond donors (Lipinski definition) is 2. The van der Waals surface area contributed by atoms with Gasteiger partial charge in [-0.1, -0.05) is 12.1 Å². The molecule has 19 heavy (non-hydrogen) atoms. The van der Waals surface area contributed by atoms with Crippen molar-refractivity contribution in [3.63, 3.8) is 0 Å². The number of nitrogen functional groups attached to an aromatic ring is 2. The second-order valence-corrected chi connectivity index (χ2v) is 4.05. The van der Waals surface area contributed by atoms with Gasteiger partial charge in [0, 0.05) is 6.42 Å². The summed E-state index contributed by atoms with van der Waals surface area (Å²) in [5, 5.41) is 7.48. The van der Waals surface area contributed by atoms with Crippen LogP contribution in [0.25, 0.3) is 0 Å². The number of halogens is 3. The molecule has 0 unspecified atom stereocenters. The van der Waals surface area contributed by atoms with E-state index in [4.69, 9.17) is 11.5 Å². The average Bonchev–Trinajstić information content (AvgIpc) is 2.33. The molecule has 0 amide bonds. The van der Waals surface area contributed by atoms with Crippen LogP contribution in [0.2, 0.25) is 0 Å². The molecular weight excluding hydrogens is 257 g/mol. The molecule has 100 valence electrons. The molecule has 0 saturated carbocycles. The summed E-state index contributed by atoms with van der Waals surface area (Å²) >= 11 is 0. The minimum atomic E-state index is -4.33. The van der Waals surface area contributed by atoms with E-state index in [0.29, 0.717) is 23.4 Å². The topological polar surface area (TPSA) is 77.8 Å². The Morgan fingerprint density at radius 2 is 1.63 bits per heavy atom. The average molecular weight is 268 g/mol. The SMILES string of the molecule is Nc1cc(Cc2ccc(C(F)(F)F)cc2)nnc1N. The van der Waals surface area contributed by atoms with Gasteiger partial charge in [0.25, 0.3) is 0 Å². The molecule has 2 rings (SSSR count). The highest BCUT2D eigenvalue weighted by atomic mass is 19.4. The molecular formula is C12H11F3N4. The quantitative estimate of drug-likeness (QED) is 0.875. The second kappa shape index (κ2) is 4.75. The van der Waals surface area contributed by atoms with E-state index in [2.05, 4.69) is 10.2 Å². The van der Waals surface area contributed by atoms with Gasteiger partial charge in [0.15, 0.2) is 5.82 Å². The van der Waals surface area contributed by atoms with Crippen LogP contribution in [0.5, 0.6) is 0 Å². The van der Waals surface area contributed by atoms with Gasteiger partial charge >= 0.3 is 6.18 Å². The molecule has 0 aliphatic rings. The van der Waals surface area contributed by atoms with Crippen LogP contribution in [-0.2, 0) is 12.6 Å². The molecule has 0 radical (unpaired) electrons. The van der Waals surface area contributed by atoms with Crippen LogP contribution >= 0.6 is 0 Å². The van der Waals surface area contributed by atoms with Crippen LogP contribution in [0.15, 0.2) is 30.3 Å². The number of alkyl halides is 3. The fourth-order valence-corrected chi connectivity index (χ4v) is 1.57.